The first kappa shape index (κ1) is 22.9. The van der Waals surface area contributed by atoms with Crippen molar-refractivity contribution in [3.63, 3.8) is 0 Å². The van der Waals surface area contributed by atoms with Crippen LogP contribution in [0.5, 0.6) is 11.5 Å². The second-order valence-corrected chi connectivity index (χ2v) is 10.3. The van der Waals surface area contributed by atoms with Crippen LogP contribution >= 0.6 is 11.3 Å². The summed E-state index contributed by atoms with van der Waals surface area (Å²) in [6, 6.07) is 11.8. The molecule has 6 rings (SSSR count). The number of ether oxygens (including phenoxy) is 2. The molecule has 2 fully saturated rings. The van der Waals surface area contributed by atoms with Gasteiger partial charge in [-0.25, -0.2) is 4.98 Å². The monoisotopic (exact) mass is 511 g/mol. The van der Waals surface area contributed by atoms with Gasteiger partial charge >= 0.3 is 6.29 Å². The third-order valence-corrected chi connectivity index (χ3v) is 7.80. The number of thiazole rings is 1. The molecule has 2 N–H and O–H groups in total. The highest BCUT2D eigenvalue weighted by atomic mass is 32.1. The maximum Gasteiger partial charge on any atom is 0.586 e. The van der Waals surface area contributed by atoms with Gasteiger partial charge in [-0.15, -0.1) is 20.1 Å². The summed E-state index contributed by atoms with van der Waals surface area (Å²) in [7, 11) is 0. The second kappa shape index (κ2) is 8.55. The molecule has 2 heterocycles. The summed E-state index contributed by atoms with van der Waals surface area (Å²) in [6.07, 6.45) is 1.59. The molecule has 2 aromatic carbocycles. The lowest BCUT2D eigenvalue weighted by Crippen LogP contribution is -2.27. The maximum atomic E-state index is 13.4. The Hall–Kier alpha value is -3.53. The first-order valence-corrected chi connectivity index (χ1v) is 12.8. The predicted octanol–water partition coefficient (Wildman–Crippen LogP) is 5.93. The Bertz CT molecular complexity index is 1330. The van der Waals surface area contributed by atoms with Crippen molar-refractivity contribution in [2.24, 2.45) is 5.92 Å². The lowest BCUT2D eigenvalue weighted by molar-refractivity contribution is -0.286. The van der Waals surface area contributed by atoms with Gasteiger partial charge in [0.15, 0.2) is 16.6 Å². The zero-order valence-corrected chi connectivity index (χ0v) is 20.0. The van der Waals surface area contributed by atoms with Crippen LogP contribution in [-0.2, 0) is 15.0 Å². The number of amides is 2. The molecule has 1 aliphatic heterocycles. The molecule has 7 nitrogen and oxygen atoms in total. The molecule has 0 atom stereocenters. The number of hydrogen-bond acceptors (Lipinski definition) is 6. The van der Waals surface area contributed by atoms with Crippen molar-refractivity contribution in [3.8, 4) is 22.8 Å². The number of alkyl halides is 2. The van der Waals surface area contributed by atoms with E-state index >= 15 is 0 Å². The van der Waals surface area contributed by atoms with Gasteiger partial charge in [0, 0.05) is 22.5 Å². The van der Waals surface area contributed by atoms with Gasteiger partial charge in [0.1, 0.15) is 0 Å². The van der Waals surface area contributed by atoms with Crippen LogP contribution in [0.1, 0.15) is 44.1 Å². The molecule has 186 valence electrons. The van der Waals surface area contributed by atoms with E-state index in [4.69, 9.17) is 0 Å². The van der Waals surface area contributed by atoms with Gasteiger partial charge in [0.05, 0.1) is 11.1 Å². The number of halogens is 2. The van der Waals surface area contributed by atoms with Gasteiger partial charge in [-0.05, 0) is 55.5 Å². The standard InChI is InChI=1S/C26H23F2N3O4S/c27-26(28)34-20-10-7-17(13-21(20)35-26)25(11-12-25)23(33)29-18-8-5-15(6-9-18)19-14-36-24(30-19)31-22(32)16-3-1-2-4-16/h5-10,13-14,16H,1-4,11-12H2,(H,29,33)(H,30,31,32). The number of rotatable bonds is 6. The topological polar surface area (TPSA) is 89.6 Å². The number of carbonyl (C=O) groups is 2. The van der Waals surface area contributed by atoms with Gasteiger partial charge in [-0.1, -0.05) is 31.0 Å². The van der Waals surface area contributed by atoms with Crippen molar-refractivity contribution >= 4 is 34.0 Å². The van der Waals surface area contributed by atoms with Crippen LogP contribution in [0.3, 0.4) is 0 Å². The first-order chi connectivity index (χ1) is 17.3. The number of nitrogens with zero attached hydrogens (tertiary/aromatic N) is 1. The van der Waals surface area contributed by atoms with E-state index < -0.39 is 11.7 Å². The molecule has 3 aliphatic rings. The second-order valence-electron chi connectivity index (χ2n) is 9.45. The molecule has 3 aromatic rings. The van der Waals surface area contributed by atoms with Crippen LogP contribution < -0.4 is 20.1 Å². The molecule has 36 heavy (non-hydrogen) atoms. The number of carbonyl (C=O) groups excluding carboxylic acids is 2. The van der Waals surface area contributed by atoms with E-state index in [2.05, 4.69) is 25.1 Å². The zero-order valence-electron chi connectivity index (χ0n) is 19.2. The smallest absolute Gasteiger partial charge is 0.395 e. The largest absolute Gasteiger partial charge is 0.586 e. The molecule has 0 radical (unpaired) electrons. The highest BCUT2D eigenvalue weighted by molar-refractivity contribution is 7.14. The molecular formula is C26H23F2N3O4S. The quantitative estimate of drug-likeness (QED) is 0.428. The number of hydrogen-bond donors (Lipinski definition) is 2. The van der Waals surface area contributed by atoms with E-state index in [1.807, 2.05) is 17.5 Å². The molecule has 0 unspecified atom stereocenters. The summed E-state index contributed by atoms with van der Waals surface area (Å²) >= 11 is 1.38. The normalized spacial score (nSPS) is 19.2. The number of fused-ring (bicyclic) bond motifs is 1. The maximum absolute atomic E-state index is 13.4. The Balaban J connectivity index is 1.11. The summed E-state index contributed by atoms with van der Waals surface area (Å²) < 4.78 is 35.7. The fourth-order valence-corrected chi connectivity index (χ4v) is 5.58. The van der Waals surface area contributed by atoms with Crippen molar-refractivity contribution in [1.29, 1.82) is 0 Å². The van der Waals surface area contributed by atoms with Crippen LogP contribution in [0.25, 0.3) is 11.3 Å². The zero-order chi connectivity index (χ0) is 24.9. The minimum absolute atomic E-state index is 0.0386. The van der Waals surface area contributed by atoms with Crippen LogP contribution in [0, 0.1) is 5.92 Å². The summed E-state index contributed by atoms with van der Waals surface area (Å²) in [5.41, 5.74) is 2.06. The van der Waals surface area contributed by atoms with Crippen molar-refractivity contribution in [3.05, 3.63) is 53.4 Å². The van der Waals surface area contributed by atoms with Crippen molar-refractivity contribution in [2.75, 3.05) is 10.6 Å². The number of nitrogens with one attached hydrogen (secondary N) is 2. The number of aromatic nitrogens is 1. The fourth-order valence-electron chi connectivity index (χ4n) is 4.85. The van der Waals surface area contributed by atoms with Crippen LogP contribution in [-0.4, -0.2) is 23.1 Å². The van der Waals surface area contributed by atoms with Crippen molar-refractivity contribution < 1.29 is 27.8 Å². The number of anilines is 2. The van der Waals surface area contributed by atoms with Gasteiger partial charge in [-0.2, -0.15) is 0 Å². The Morgan fingerprint density at radius 3 is 2.42 bits per heavy atom. The molecule has 0 bridgehead atoms. The molecule has 2 saturated carbocycles. The van der Waals surface area contributed by atoms with E-state index in [1.165, 1.54) is 23.5 Å². The summed E-state index contributed by atoms with van der Waals surface area (Å²) in [5, 5.41) is 8.33. The minimum Gasteiger partial charge on any atom is -0.395 e. The SMILES string of the molecule is O=C(Nc1nc(-c2ccc(NC(=O)C3(c4ccc5c(c4)OC(F)(F)O5)CC3)cc2)cs1)C1CCCC1. The molecule has 0 spiro atoms. The summed E-state index contributed by atoms with van der Waals surface area (Å²) in [4.78, 5) is 30.0. The van der Waals surface area contributed by atoms with E-state index in [9.17, 15) is 18.4 Å². The molecule has 1 aromatic heterocycles. The van der Waals surface area contributed by atoms with Crippen LogP contribution in [0.4, 0.5) is 19.6 Å². The first-order valence-electron chi connectivity index (χ1n) is 11.9. The molecule has 2 aliphatic carbocycles. The average molecular weight is 512 g/mol. The lowest BCUT2D eigenvalue weighted by atomic mass is 9.94. The van der Waals surface area contributed by atoms with E-state index in [0.717, 1.165) is 36.9 Å². The highest BCUT2D eigenvalue weighted by Gasteiger charge is 2.52. The van der Waals surface area contributed by atoms with E-state index in [0.29, 0.717) is 29.2 Å². The van der Waals surface area contributed by atoms with Gasteiger partial charge < -0.3 is 20.1 Å². The Kier molecular flexibility index (Phi) is 5.44. The van der Waals surface area contributed by atoms with Gasteiger partial charge in [0.25, 0.3) is 0 Å². The third kappa shape index (κ3) is 4.30. The molecule has 0 saturated heterocycles. The highest BCUT2D eigenvalue weighted by Crippen LogP contribution is 2.52. The Labute approximate surface area is 209 Å². The summed E-state index contributed by atoms with van der Waals surface area (Å²) in [5.74, 6) is -0.196. The van der Waals surface area contributed by atoms with Crippen LogP contribution in [0.2, 0.25) is 0 Å². The predicted molar refractivity (Wildman–Crippen MR) is 130 cm³/mol. The van der Waals surface area contributed by atoms with Gasteiger partial charge in [-0.3, -0.25) is 9.59 Å². The van der Waals surface area contributed by atoms with E-state index in [-0.39, 0.29) is 29.2 Å². The lowest BCUT2D eigenvalue weighted by Gasteiger charge is -2.16. The molecule has 2 amide bonds. The molecule has 10 heteroatoms. The van der Waals surface area contributed by atoms with Gasteiger partial charge in [0.2, 0.25) is 11.8 Å². The Morgan fingerprint density at radius 1 is 0.972 bits per heavy atom. The molecular weight excluding hydrogens is 488 g/mol. The fraction of sp³-hybridized carbons (Fsp3) is 0.346. The van der Waals surface area contributed by atoms with Crippen LogP contribution in [0.15, 0.2) is 47.8 Å². The van der Waals surface area contributed by atoms with Crippen molar-refractivity contribution in [2.45, 2.75) is 50.2 Å². The minimum atomic E-state index is -3.69. The third-order valence-electron chi connectivity index (χ3n) is 7.04. The van der Waals surface area contributed by atoms with E-state index in [1.54, 1.807) is 18.2 Å². The average Bonchev–Trinajstić information content (AvgIpc) is 3.17. The van der Waals surface area contributed by atoms with Crippen molar-refractivity contribution in [1.82, 2.24) is 4.98 Å². The number of benzene rings is 2. The summed E-state index contributed by atoms with van der Waals surface area (Å²) in [6.45, 7) is 0. The Morgan fingerprint density at radius 2 is 1.69 bits per heavy atom.